The highest BCUT2D eigenvalue weighted by Crippen LogP contribution is 2.31. The van der Waals surface area contributed by atoms with Crippen molar-refractivity contribution in [3.8, 4) is 0 Å². The molecule has 1 fully saturated rings. The van der Waals surface area contributed by atoms with Crippen molar-refractivity contribution in [1.29, 1.82) is 0 Å². The molecule has 9 heteroatoms. The molecule has 2 aromatic rings. The van der Waals surface area contributed by atoms with Gasteiger partial charge in [0, 0.05) is 19.0 Å². The number of ether oxygens (including phenoxy) is 1. The molecule has 0 spiro atoms. The number of carbonyl (C=O) groups excluding carboxylic acids is 1. The molecule has 2 aromatic heterocycles. The third-order valence-electron chi connectivity index (χ3n) is 2.71. The third-order valence-corrected chi connectivity index (χ3v) is 4.54. The molecule has 0 radical (unpaired) electrons. The summed E-state index contributed by atoms with van der Waals surface area (Å²) in [5, 5.41) is 12.8. The molecule has 3 heterocycles. The Bertz CT molecular complexity index is 565. The number of hydrogen-bond donors (Lipinski definition) is 2. The van der Waals surface area contributed by atoms with Crippen molar-refractivity contribution in [2.75, 3.05) is 17.7 Å². The molecule has 0 saturated carbocycles. The zero-order valence-corrected chi connectivity index (χ0v) is 12.2. The predicted octanol–water partition coefficient (Wildman–Crippen LogP) is 1.84. The second-order valence-electron chi connectivity index (χ2n) is 4.18. The maximum atomic E-state index is 11.8. The molecule has 20 heavy (non-hydrogen) atoms. The summed E-state index contributed by atoms with van der Waals surface area (Å²) in [5.74, 6) is 0.156. The molecule has 7 nitrogen and oxygen atoms in total. The van der Waals surface area contributed by atoms with Crippen molar-refractivity contribution in [1.82, 2.24) is 20.2 Å². The van der Waals surface area contributed by atoms with E-state index >= 15 is 0 Å². The van der Waals surface area contributed by atoms with E-state index in [1.807, 2.05) is 0 Å². The van der Waals surface area contributed by atoms with Crippen LogP contribution in [0.5, 0.6) is 0 Å². The van der Waals surface area contributed by atoms with Crippen LogP contribution in [0.15, 0.2) is 17.6 Å². The Morgan fingerprint density at radius 3 is 3.30 bits per heavy atom. The van der Waals surface area contributed by atoms with E-state index in [4.69, 9.17) is 4.74 Å². The monoisotopic (exact) mass is 311 g/mol. The lowest BCUT2D eigenvalue weighted by atomic mass is 10.2. The maximum absolute atomic E-state index is 11.8. The van der Waals surface area contributed by atoms with Crippen LogP contribution in [0.25, 0.3) is 0 Å². The second-order valence-corrected chi connectivity index (χ2v) is 6.15. The number of nitrogens with one attached hydrogen (secondary N) is 2. The molecule has 2 N–H and O–H groups in total. The van der Waals surface area contributed by atoms with Crippen LogP contribution in [0.2, 0.25) is 0 Å². The van der Waals surface area contributed by atoms with Gasteiger partial charge in [0.15, 0.2) is 5.16 Å². The minimum atomic E-state index is -0.124. The number of thioether (sulfide) groups is 1. The second kappa shape index (κ2) is 6.33. The number of anilines is 1. The molecule has 0 aliphatic carbocycles. The van der Waals surface area contributed by atoms with E-state index in [-0.39, 0.29) is 17.8 Å². The molecular formula is C11H13N5O2S2. The highest BCUT2D eigenvalue weighted by atomic mass is 32.2. The first-order valence-corrected chi connectivity index (χ1v) is 7.98. The normalized spacial score (nSPS) is 18.3. The number of aromatic nitrogens is 4. The first-order chi connectivity index (χ1) is 9.81. The van der Waals surface area contributed by atoms with E-state index in [1.54, 1.807) is 12.4 Å². The van der Waals surface area contributed by atoms with Crippen LogP contribution in [0.1, 0.15) is 24.0 Å². The van der Waals surface area contributed by atoms with Gasteiger partial charge >= 0.3 is 0 Å². The molecule has 1 saturated heterocycles. The first-order valence-electron chi connectivity index (χ1n) is 6.18. The SMILES string of the molecule is O=C(CSc1ncc[nH]1)Nc1nnc(C2CCCO2)s1. The van der Waals surface area contributed by atoms with E-state index < -0.39 is 0 Å². The zero-order valence-electron chi connectivity index (χ0n) is 10.5. The zero-order chi connectivity index (χ0) is 13.8. The summed E-state index contributed by atoms with van der Waals surface area (Å²) in [6.45, 7) is 0.770. The van der Waals surface area contributed by atoms with Crippen molar-refractivity contribution >= 4 is 34.1 Å². The summed E-state index contributed by atoms with van der Waals surface area (Å²) >= 11 is 2.71. The fraction of sp³-hybridized carbons (Fsp3) is 0.455. The van der Waals surface area contributed by atoms with Gasteiger partial charge in [-0.15, -0.1) is 10.2 Å². The van der Waals surface area contributed by atoms with E-state index in [0.717, 1.165) is 29.6 Å². The van der Waals surface area contributed by atoms with Crippen LogP contribution in [0.4, 0.5) is 5.13 Å². The third kappa shape index (κ3) is 3.35. The molecule has 0 aromatic carbocycles. The van der Waals surface area contributed by atoms with Gasteiger partial charge in [-0.2, -0.15) is 0 Å². The van der Waals surface area contributed by atoms with E-state index in [0.29, 0.717) is 5.13 Å². The smallest absolute Gasteiger partial charge is 0.236 e. The molecule has 1 amide bonds. The van der Waals surface area contributed by atoms with Gasteiger partial charge in [0.1, 0.15) is 11.1 Å². The van der Waals surface area contributed by atoms with Gasteiger partial charge in [0.25, 0.3) is 0 Å². The van der Waals surface area contributed by atoms with Crippen molar-refractivity contribution in [2.24, 2.45) is 0 Å². The largest absolute Gasteiger partial charge is 0.371 e. The average molecular weight is 311 g/mol. The summed E-state index contributed by atoms with van der Waals surface area (Å²) in [7, 11) is 0. The van der Waals surface area contributed by atoms with Gasteiger partial charge in [-0.05, 0) is 12.8 Å². The topological polar surface area (TPSA) is 92.8 Å². The Balaban J connectivity index is 1.50. The Hall–Kier alpha value is -1.45. The van der Waals surface area contributed by atoms with Gasteiger partial charge in [0.2, 0.25) is 11.0 Å². The summed E-state index contributed by atoms with van der Waals surface area (Å²) in [4.78, 5) is 18.7. The summed E-state index contributed by atoms with van der Waals surface area (Å²) in [5.41, 5.74) is 0. The number of nitrogens with zero attached hydrogens (tertiary/aromatic N) is 3. The lowest BCUT2D eigenvalue weighted by Crippen LogP contribution is -2.13. The summed E-state index contributed by atoms with van der Waals surface area (Å²) in [6, 6.07) is 0. The molecule has 0 bridgehead atoms. The minimum Gasteiger partial charge on any atom is -0.371 e. The Labute approximate surface area is 123 Å². The van der Waals surface area contributed by atoms with Crippen molar-refractivity contribution in [3.05, 3.63) is 17.4 Å². The fourth-order valence-corrected chi connectivity index (χ4v) is 3.28. The highest BCUT2D eigenvalue weighted by molar-refractivity contribution is 7.99. The molecule has 1 aliphatic heterocycles. The van der Waals surface area contributed by atoms with Crippen LogP contribution in [-0.4, -0.2) is 38.4 Å². The minimum absolute atomic E-state index is 0.0376. The van der Waals surface area contributed by atoms with Crippen molar-refractivity contribution in [3.63, 3.8) is 0 Å². The number of amides is 1. The van der Waals surface area contributed by atoms with Crippen LogP contribution in [0.3, 0.4) is 0 Å². The standard InChI is InChI=1S/C11H13N5O2S2/c17-8(6-19-10-12-3-4-13-10)14-11-16-15-9(20-11)7-2-1-5-18-7/h3-4,7H,1-2,5-6H2,(H,12,13)(H,14,16,17). The van der Waals surface area contributed by atoms with E-state index in [9.17, 15) is 4.79 Å². The molecular weight excluding hydrogens is 298 g/mol. The van der Waals surface area contributed by atoms with Crippen LogP contribution in [-0.2, 0) is 9.53 Å². The van der Waals surface area contributed by atoms with Gasteiger partial charge in [-0.3, -0.25) is 10.1 Å². The summed E-state index contributed by atoms with van der Waals surface area (Å²) in [6.07, 6.45) is 5.43. The summed E-state index contributed by atoms with van der Waals surface area (Å²) < 4.78 is 5.53. The number of hydrogen-bond acceptors (Lipinski definition) is 7. The molecule has 1 aliphatic rings. The van der Waals surface area contributed by atoms with Crippen LogP contribution in [0, 0.1) is 0 Å². The first kappa shape index (κ1) is 13.5. The lowest BCUT2D eigenvalue weighted by molar-refractivity contribution is -0.113. The highest BCUT2D eigenvalue weighted by Gasteiger charge is 2.22. The Morgan fingerprint density at radius 2 is 2.55 bits per heavy atom. The van der Waals surface area contributed by atoms with Gasteiger partial charge in [-0.25, -0.2) is 4.98 Å². The number of carbonyl (C=O) groups is 1. The quantitative estimate of drug-likeness (QED) is 0.819. The van der Waals surface area contributed by atoms with E-state index in [2.05, 4.69) is 25.5 Å². The average Bonchev–Trinajstić information content (AvgIpc) is 3.18. The van der Waals surface area contributed by atoms with Gasteiger partial charge in [-0.1, -0.05) is 23.1 Å². The molecule has 3 rings (SSSR count). The lowest BCUT2D eigenvalue weighted by Gasteiger charge is -2.02. The maximum Gasteiger partial charge on any atom is 0.236 e. The van der Waals surface area contributed by atoms with Crippen molar-refractivity contribution in [2.45, 2.75) is 24.1 Å². The van der Waals surface area contributed by atoms with Crippen LogP contribution < -0.4 is 5.32 Å². The number of imidazole rings is 1. The van der Waals surface area contributed by atoms with Gasteiger partial charge in [0.05, 0.1) is 5.75 Å². The van der Waals surface area contributed by atoms with Crippen LogP contribution >= 0.6 is 23.1 Å². The molecule has 1 unspecified atom stereocenters. The van der Waals surface area contributed by atoms with Crippen molar-refractivity contribution < 1.29 is 9.53 Å². The molecule has 1 atom stereocenters. The number of H-pyrrole nitrogens is 1. The van der Waals surface area contributed by atoms with Gasteiger partial charge < -0.3 is 9.72 Å². The Kier molecular flexibility index (Phi) is 4.28. The number of aromatic amines is 1. The molecule has 106 valence electrons. The number of rotatable bonds is 5. The fourth-order valence-electron chi connectivity index (χ4n) is 1.81. The predicted molar refractivity (Wildman–Crippen MR) is 75.8 cm³/mol. The Morgan fingerprint density at radius 1 is 1.60 bits per heavy atom. The van der Waals surface area contributed by atoms with E-state index in [1.165, 1.54) is 23.1 Å².